The van der Waals surface area contributed by atoms with Crippen LogP contribution in [0.5, 0.6) is 5.75 Å². The van der Waals surface area contributed by atoms with Crippen molar-refractivity contribution in [1.29, 1.82) is 0 Å². The fraction of sp³-hybridized carbons (Fsp3) is 0.312. The predicted octanol–water partition coefficient (Wildman–Crippen LogP) is 2.62. The normalized spacial score (nSPS) is 20.0. The number of rotatable bonds is 2. The molecular formula is C16H16N2O2S. The van der Waals surface area contributed by atoms with E-state index >= 15 is 0 Å². The molecule has 2 aliphatic rings. The average molecular weight is 300 g/mol. The summed E-state index contributed by atoms with van der Waals surface area (Å²) in [6.45, 7) is 2.94. The van der Waals surface area contributed by atoms with Crippen LogP contribution < -0.4 is 10.3 Å². The van der Waals surface area contributed by atoms with Gasteiger partial charge in [-0.15, -0.1) is 11.8 Å². The highest BCUT2D eigenvalue weighted by Crippen LogP contribution is 2.37. The van der Waals surface area contributed by atoms with E-state index in [1.54, 1.807) is 17.8 Å². The second-order valence-electron chi connectivity index (χ2n) is 5.59. The first-order valence-electron chi connectivity index (χ1n) is 7.05. The third-order valence-electron chi connectivity index (χ3n) is 4.02. The zero-order valence-corrected chi connectivity index (χ0v) is 12.6. The third kappa shape index (κ3) is 2.21. The number of hydrogen-bond donors (Lipinski definition) is 1. The van der Waals surface area contributed by atoms with E-state index in [-0.39, 0.29) is 11.7 Å². The van der Waals surface area contributed by atoms with Crippen LogP contribution in [0.1, 0.15) is 11.1 Å². The Morgan fingerprint density at radius 2 is 2.38 bits per heavy atom. The topological polar surface area (TPSA) is 45.3 Å². The summed E-state index contributed by atoms with van der Waals surface area (Å²) >= 11 is 1.81. The summed E-state index contributed by atoms with van der Waals surface area (Å²) in [6.07, 6.45) is 3.23. The molecule has 1 N–H and O–H groups in total. The summed E-state index contributed by atoms with van der Waals surface area (Å²) in [4.78, 5) is 16.7. The fourth-order valence-electron chi connectivity index (χ4n) is 3.08. The zero-order valence-electron chi connectivity index (χ0n) is 11.8. The van der Waals surface area contributed by atoms with Crippen LogP contribution >= 0.6 is 11.8 Å². The van der Waals surface area contributed by atoms with Crippen LogP contribution in [0.4, 0.5) is 0 Å². The van der Waals surface area contributed by atoms with Gasteiger partial charge in [0.25, 0.3) is 0 Å². The van der Waals surface area contributed by atoms with E-state index in [4.69, 9.17) is 4.74 Å². The van der Waals surface area contributed by atoms with Crippen molar-refractivity contribution in [2.75, 3.05) is 12.4 Å². The smallest absolute Gasteiger partial charge is 0.248 e. The number of thioether (sulfide) groups is 1. The van der Waals surface area contributed by atoms with Crippen LogP contribution in [0.15, 0.2) is 34.6 Å². The number of hydrogen-bond acceptors (Lipinski definition) is 4. The minimum atomic E-state index is -0.0701. The lowest BCUT2D eigenvalue weighted by Gasteiger charge is -2.19. The van der Waals surface area contributed by atoms with Crippen molar-refractivity contribution >= 4 is 22.7 Å². The lowest BCUT2D eigenvalue weighted by Crippen LogP contribution is -2.29. The van der Waals surface area contributed by atoms with Crippen molar-refractivity contribution in [3.8, 4) is 5.75 Å². The van der Waals surface area contributed by atoms with Gasteiger partial charge in [-0.3, -0.25) is 4.79 Å². The highest BCUT2D eigenvalue weighted by Gasteiger charge is 2.27. The molecule has 2 aliphatic heterocycles. The first kappa shape index (κ1) is 12.8. The van der Waals surface area contributed by atoms with Gasteiger partial charge in [-0.25, -0.2) is 0 Å². The van der Waals surface area contributed by atoms with E-state index in [1.165, 1.54) is 5.56 Å². The molecule has 4 nitrogen and oxygen atoms in total. The van der Waals surface area contributed by atoms with E-state index in [0.717, 1.165) is 41.1 Å². The molecule has 3 heterocycles. The van der Waals surface area contributed by atoms with Gasteiger partial charge >= 0.3 is 0 Å². The van der Waals surface area contributed by atoms with Crippen molar-refractivity contribution < 1.29 is 4.74 Å². The standard InChI is InChI=1S/C16H16N2O2S/c1-10-6-11-7-12(8-18-4-5-21-9-18)20-16(11)13-2-3-14(19)17-15(10)13/h2-6,12H,7-9H2,1H3,(H,17,19). The molecule has 108 valence electrons. The van der Waals surface area contributed by atoms with Crippen LogP contribution in [0.2, 0.25) is 0 Å². The number of aromatic nitrogens is 1. The highest BCUT2D eigenvalue weighted by atomic mass is 32.2. The maximum Gasteiger partial charge on any atom is 0.248 e. The number of ether oxygens (including phenoxy) is 1. The van der Waals surface area contributed by atoms with E-state index in [1.807, 2.05) is 13.0 Å². The number of aromatic amines is 1. The van der Waals surface area contributed by atoms with Gasteiger partial charge in [0.2, 0.25) is 5.56 Å². The molecule has 0 radical (unpaired) electrons. The van der Waals surface area contributed by atoms with Crippen molar-refractivity contribution in [2.45, 2.75) is 19.4 Å². The van der Waals surface area contributed by atoms with Gasteiger partial charge in [0.15, 0.2) is 0 Å². The maximum atomic E-state index is 11.5. The second kappa shape index (κ2) is 4.84. The van der Waals surface area contributed by atoms with Gasteiger partial charge in [0.1, 0.15) is 11.9 Å². The Bertz CT molecular complexity index is 797. The Morgan fingerprint density at radius 3 is 3.19 bits per heavy atom. The molecule has 0 fully saturated rings. The molecule has 0 amide bonds. The SMILES string of the molecule is Cc1cc2c(c3ccc(=O)[nH]c13)OC(CN1C=CSC1)C2. The number of fused-ring (bicyclic) bond motifs is 3. The minimum absolute atomic E-state index is 0.0701. The monoisotopic (exact) mass is 300 g/mol. The Morgan fingerprint density at radius 1 is 1.48 bits per heavy atom. The molecule has 0 saturated heterocycles. The van der Waals surface area contributed by atoms with Gasteiger partial charge in [-0.1, -0.05) is 6.07 Å². The highest BCUT2D eigenvalue weighted by molar-refractivity contribution is 8.02. The molecule has 1 atom stereocenters. The van der Waals surface area contributed by atoms with Crippen LogP contribution in [-0.4, -0.2) is 28.4 Å². The zero-order chi connectivity index (χ0) is 14.4. The molecule has 0 spiro atoms. The molecule has 21 heavy (non-hydrogen) atoms. The second-order valence-corrected chi connectivity index (χ2v) is 6.45. The van der Waals surface area contributed by atoms with Crippen LogP contribution in [-0.2, 0) is 6.42 Å². The molecule has 5 heteroatoms. The summed E-state index contributed by atoms with van der Waals surface area (Å²) < 4.78 is 6.17. The quantitative estimate of drug-likeness (QED) is 0.926. The van der Waals surface area contributed by atoms with Crippen molar-refractivity contribution in [1.82, 2.24) is 9.88 Å². The molecule has 0 saturated carbocycles. The molecule has 1 unspecified atom stereocenters. The average Bonchev–Trinajstić information content (AvgIpc) is 3.09. The van der Waals surface area contributed by atoms with Gasteiger partial charge < -0.3 is 14.6 Å². The van der Waals surface area contributed by atoms with Gasteiger partial charge in [-0.2, -0.15) is 0 Å². The van der Waals surface area contributed by atoms with Crippen molar-refractivity contribution in [2.24, 2.45) is 0 Å². The van der Waals surface area contributed by atoms with Gasteiger partial charge in [0.05, 0.1) is 17.9 Å². The molecule has 0 aliphatic carbocycles. The molecule has 1 aromatic carbocycles. The number of nitrogens with zero attached hydrogens (tertiary/aromatic N) is 1. The summed E-state index contributed by atoms with van der Waals surface area (Å²) in [5.74, 6) is 1.94. The van der Waals surface area contributed by atoms with Crippen molar-refractivity contribution in [3.05, 3.63) is 51.3 Å². The summed E-state index contributed by atoms with van der Waals surface area (Å²) in [5, 5.41) is 3.13. The lowest BCUT2D eigenvalue weighted by atomic mass is 10.0. The summed E-state index contributed by atoms with van der Waals surface area (Å²) in [6, 6.07) is 5.58. The number of H-pyrrole nitrogens is 1. The van der Waals surface area contributed by atoms with Crippen LogP contribution in [0, 0.1) is 6.92 Å². The number of nitrogens with one attached hydrogen (secondary N) is 1. The van der Waals surface area contributed by atoms with Crippen LogP contribution in [0.25, 0.3) is 10.9 Å². The van der Waals surface area contributed by atoms with Gasteiger partial charge in [0, 0.05) is 24.1 Å². The van der Waals surface area contributed by atoms with E-state index in [2.05, 4.69) is 27.6 Å². The molecule has 2 aromatic rings. The Kier molecular flexibility index (Phi) is 2.96. The van der Waals surface area contributed by atoms with E-state index in [9.17, 15) is 4.79 Å². The first-order valence-corrected chi connectivity index (χ1v) is 8.10. The maximum absolute atomic E-state index is 11.5. The Balaban J connectivity index is 1.70. The van der Waals surface area contributed by atoms with E-state index < -0.39 is 0 Å². The molecule has 4 rings (SSSR count). The van der Waals surface area contributed by atoms with Gasteiger partial charge in [-0.05, 0) is 29.5 Å². The lowest BCUT2D eigenvalue weighted by molar-refractivity contribution is 0.193. The molecular weight excluding hydrogens is 284 g/mol. The predicted molar refractivity (Wildman–Crippen MR) is 85.7 cm³/mol. The Hall–Kier alpha value is -1.88. The Labute approximate surface area is 126 Å². The third-order valence-corrected chi connectivity index (χ3v) is 4.81. The van der Waals surface area contributed by atoms with Crippen molar-refractivity contribution in [3.63, 3.8) is 0 Å². The van der Waals surface area contributed by atoms with E-state index in [0.29, 0.717) is 0 Å². The largest absolute Gasteiger partial charge is 0.487 e. The number of aryl methyl sites for hydroxylation is 1. The number of pyridine rings is 1. The minimum Gasteiger partial charge on any atom is -0.487 e. The first-order chi connectivity index (χ1) is 10.2. The number of benzene rings is 1. The molecule has 1 aromatic heterocycles. The summed E-state index contributed by atoms with van der Waals surface area (Å²) in [7, 11) is 0. The fourth-order valence-corrected chi connectivity index (χ4v) is 3.81. The summed E-state index contributed by atoms with van der Waals surface area (Å²) in [5.41, 5.74) is 3.16. The molecule has 0 bridgehead atoms. The van der Waals surface area contributed by atoms with Crippen LogP contribution in [0.3, 0.4) is 0 Å².